The monoisotopic (exact) mass is 316 g/mol. The van der Waals surface area contributed by atoms with Crippen LogP contribution < -0.4 is 0 Å². The lowest BCUT2D eigenvalue weighted by molar-refractivity contribution is 0.474. The number of phenolic OH excluding ortho intramolecular Hbond substituents is 2. The Labute approximate surface area is 126 Å². The Hall–Kier alpha value is -1.09. The molecule has 0 aliphatic rings. The van der Waals surface area contributed by atoms with Crippen molar-refractivity contribution in [3.63, 3.8) is 0 Å². The Morgan fingerprint density at radius 2 is 1.47 bits per heavy atom. The van der Waals surface area contributed by atoms with Crippen molar-refractivity contribution in [2.75, 3.05) is 0 Å². The van der Waals surface area contributed by atoms with Gasteiger partial charge in [0.05, 0.1) is 10.0 Å². The van der Waals surface area contributed by atoms with Crippen LogP contribution in [-0.2, 0) is 12.8 Å². The van der Waals surface area contributed by atoms with E-state index in [0.29, 0.717) is 11.4 Å². The minimum atomic E-state index is -0.193. The van der Waals surface area contributed by atoms with Gasteiger partial charge < -0.3 is 10.2 Å². The number of benzene rings is 2. The molecular weight excluding hydrogens is 307 g/mol. The molecule has 2 aromatic rings. The van der Waals surface area contributed by atoms with Crippen LogP contribution in [0.15, 0.2) is 30.3 Å². The summed E-state index contributed by atoms with van der Waals surface area (Å²) in [6.45, 7) is 0. The van der Waals surface area contributed by atoms with Gasteiger partial charge in [0.2, 0.25) is 0 Å². The molecule has 2 rings (SSSR count). The topological polar surface area (TPSA) is 40.5 Å². The molecule has 2 N–H and O–H groups in total. The number of hydrogen-bond acceptors (Lipinski definition) is 2. The van der Waals surface area contributed by atoms with Gasteiger partial charge in [0, 0.05) is 0 Å². The highest BCUT2D eigenvalue weighted by Gasteiger charge is 2.13. The quantitative estimate of drug-likeness (QED) is 0.795. The third-order valence-corrected chi connectivity index (χ3v) is 4.01. The lowest BCUT2D eigenvalue weighted by atomic mass is 10.0. The molecule has 0 saturated carbocycles. The van der Waals surface area contributed by atoms with Crippen molar-refractivity contribution in [3.05, 3.63) is 56.5 Å². The number of phenols is 2. The number of halogens is 3. The first kappa shape index (κ1) is 14.3. The first-order valence-corrected chi connectivity index (χ1v) is 6.75. The van der Waals surface area contributed by atoms with Crippen LogP contribution in [0.5, 0.6) is 11.5 Å². The molecule has 0 radical (unpaired) electrons. The summed E-state index contributed by atoms with van der Waals surface area (Å²) in [5.41, 5.74) is 1.84. The van der Waals surface area contributed by atoms with Crippen LogP contribution in [0.3, 0.4) is 0 Å². The number of hydrogen-bond donors (Lipinski definition) is 2. The SMILES string of the molecule is Oc1ccc(CCc2cc(Cl)c(O)c(Cl)c2Cl)cc1. The maximum Gasteiger partial charge on any atom is 0.154 e. The highest BCUT2D eigenvalue weighted by atomic mass is 35.5. The van der Waals surface area contributed by atoms with E-state index in [1.165, 1.54) is 0 Å². The summed E-state index contributed by atoms with van der Waals surface area (Å²) >= 11 is 17.8. The molecular formula is C14H11Cl3O2. The van der Waals surface area contributed by atoms with Gasteiger partial charge in [-0.15, -0.1) is 0 Å². The smallest absolute Gasteiger partial charge is 0.154 e. The molecule has 0 heterocycles. The summed E-state index contributed by atoms with van der Waals surface area (Å²) in [7, 11) is 0. The highest BCUT2D eigenvalue weighted by molar-refractivity contribution is 6.45. The minimum absolute atomic E-state index is 0.0786. The molecule has 0 bridgehead atoms. The second-order valence-corrected chi connectivity index (χ2v) is 5.32. The van der Waals surface area contributed by atoms with E-state index in [-0.39, 0.29) is 21.5 Å². The zero-order valence-corrected chi connectivity index (χ0v) is 12.1. The van der Waals surface area contributed by atoms with Crippen molar-refractivity contribution in [2.45, 2.75) is 12.8 Å². The summed E-state index contributed by atoms with van der Waals surface area (Å²) in [5.74, 6) is 0.0409. The van der Waals surface area contributed by atoms with Crippen molar-refractivity contribution in [1.82, 2.24) is 0 Å². The maximum atomic E-state index is 9.55. The third kappa shape index (κ3) is 3.27. The van der Waals surface area contributed by atoms with E-state index in [9.17, 15) is 10.2 Å². The maximum absolute atomic E-state index is 9.55. The largest absolute Gasteiger partial charge is 0.508 e. The minimum Gasteiger partial charge on any atom is -0.508 e. The van der Waals surface area contributed by atoms with Crippen molar-refractivity contribution >= 4 is 34.8 Å². The predicted molar refractivity (Wildman–Crippen MR) is 78.7 cm³/mol. The molecule has 0 amide bonds. The molecule has 100 valence electrons. The number of rotatable bonds is 3. The second-order valence-electron chi connectivity index (χ2n) is 4.16. The molecule has 5 heteroatoms. The van der Waals surface area contributed by atoms with Crippen molar-refractivity contribution < 1.29 is 10.2 Å². The Morgan fingerprint density at radius 3 is 2.11 bits per heavy atom. The van der Waals surface area contributed by atoms with Gasteiger partial charge in [0.25, 0.3) is 0 Å². The van der Waals surface area contributed by atoms with E-state index in [4.69, 9.17) is 34.8 Å². The summed E-state index contributed by atoms with van der Waals surface area (Å²) in [6.07, 6.45) is 1.38. The highest BCUT2D eigenvalue weighted by Crippen LogP contribution is 2.39. The number of aryl methyl sites for hydroxylation is 2. The van der Waals surface area contributed by atoms with E-state index in [2.05, 4.69) is 0 Å². The molecule has 0 atom stereocenters. The normalized spacial score (nSPS) is 10.7. The van der Waals surface area contributed by atoms with E-state index in [1.807, 2.05) is 12.1 Å². The zero-order valence-electron chi connectivity index (χ0n) is 9.83. The molecule has 0 aliphatic carbocycles. The molecule has 0 fully saturated rings. The number of aromatic hydroxyl groups is 2. The Balaban J connectivity index is 2.18. The Morgan fingerprint density at radius 1 is 0.842 bits per heavy atom. The second kappa shape index (κ2) is 5.91. The first-order valence-electron chi connectivity index (χ1n) is 5.62. The van der Waals surface area contributed by atoms with Gasteiger partial charge in [0.15, 0.2) is 5.75 Å². The van der Waals surface area contributed by atoms with Gasteiger partial charge in [-0.1, -0.05) is 46.9 Å². The molecule has 0 unspecified atom stereocenters. The third-order valence-electron chi connectivity index (χ3n) is 2.83. The molecule has 19 heavy (non-hydrogen) atoms. The van der Waals surface area contributed by atoms with Crippen LogP contribution in [0.25, 0.3) is 0 Å². The Bertz CT molecular complexity index is 595. The fourth-order valence-corrected chi connectivity index (χ4v) is 2.49. The van der Waals surface area contributed by atoms with Gasteiger partial charge in [0.1, 0.15) is 10.8 Å². The summed E-state index contributed by atoms with van der Waals surface area (Å²) in [5, 5.41) is 19.3. The van der Waals surface area contributed by atoms with E-state index < -0.39 is 0 Å². The van der Waals surface area contributed by atoms with Crippen LogP contribution in [-0.4, -0.2) is 10.2 Å². The van der Waals surface area contributed by atoms with Gasteiger partial charge in [-0.3, -0.25) is 0 Å². The standard InChI is InChI=1S/C14H11Cl3O2/c15-11-7-9(12(16)13(17)14(11)19)4-1-8-2-5-10(18)6-3-8/h2-3,5-7,18-19H,1,4H2. The first-order chi connectivity index (χ1) is 8.99. The average Bonchev–Trinajstić information content (AvgIpc) is 2.41. The molecule has 0 aliphatic heterocycles. The van der Waals surface area contributed by atoms with Crippen molar-refractivity contribution in [3.8, 4) is 11.5 Å². The zero-order chi connectivity index (χ0) is 14.0. The Kier molecular flexibility index (Phi) is 4.46. The van der Waals surface area contributed by atoms with Crippen LogP contribution in [0.2, 0.25) is 15.1 Å². The fraction of sp³-hybridized carbons (Fsp3) is 0.143. The molecule has 0 spiro atoms. The summed E-state index contributed by atoms with van der Waals surface area (Å²) in [6, 6.07) is 8.56. The lowest BCUT2D eigenvalue weighted by Gasteiger charge is -2.09. The van der Waals surface area contributed by atoms with Crippen molar-refractivity contribution in [2.24, 2.45) is 0 Å². The molecule has 2 nitrogen and oxygen atoms in total. The van der Waals surface area contributed by atoms with Crippen LogP contribution in [0.4, 0.5) is 0 Å². The van der Waals surface area contributed by atoms with E-state index >= 15 is 0 Å². The van der Waals surface area contributed by atoms with Gasteiger partial charge in [-0.2, -0.15) is 0 Å². The van der Waals surface area contributed by atoms with Crippen LogP contribution in [0, 0.1) is 0 Å². The fourth-order valence-electron chi connectivity index (χ4n) is 1.76. The van der Waals surface area contributed by atoms with Crippen LogP contribution in [0.1, 0.15) is 11.1 Å². The average molecular weight is 318 g/mol. The van der Waals surface area contributed by atoms with Gasteiger partial charge >= 0.3 is 0 Å². The van der Waals surface area contributed by atoms with Crippen LogP contribution >= 0.6 is 34.8 Å². The molecule has 2 aromatic carbocycles. The lowest BCUT2D eigenvalue weighted by Crippen LogP contribution is -1.93. The summed E-state index contributed by atoms with van der Waals surface area (Å²) < 4.78 is 0. The molecule has 0 aromatic heterocycles. The van der Waals surface area contributed by atoms with E-state index in [0.717, 1.165) is 17.5 Å². The van der Waals surface area contributed by atoms with Gasteiger partial charge in [-0.25, -0.2) is 0 Å². The predicted octanol–water partition coefficient (Wildman–Crippen LogP) is 4.84. The molecule has 0 saturated heterocycles. The van der Waals surface area contributed by atoms with Crippen molar-refractivity contribution in [1.29, 1.82) is 0 Å². The van der Waals surface area contributed by atoms with E-state index in [1.54, 1.807) is 18.2 Å². The van der Waals surface area contributed by atoms with Gasteiger partial charge in [-0.05, 0) is 42.2 Å². The summed E-state index contributed by atoms with van der Waals surface area (Å²) in [4.78, 5) is 0.